The average Bonchev–Trinajstić information content (AvgIpc) is 3.55. The Morgan fingerprint density at radius 3 is 2.49 bits per heavy atom. The SMILES string of the molecule is C[C@H](NC(=O)c1cccc2ccn(Cc3ccc(-c4nccs4)cc3)c12)c1ccc(C(=O)O)cc1. The van der Waals surface area contributed by atoms with Crippen molar-refractivity contribution in [1.29, 1.82) is 0 Å². The van der Waals surface area contributed by atoms with Gasteiger partial charge in [-0.3, -0.25) is 4.79 Å². The smallest absolute Gasteiger partial charge is 0.335 e. The first-order valence-electron chi connectivity index (χ1n) is 11.2. The van der Waals surface area contributed by atoms with Crippen molar-refractivity contribution >= 4 is 34.1 Å². The number of carboxylic acids is 1. The third kappa shape index (κ3) is 4.72. The highest BCUT2D eigenvalue weighted by Crippen LogP contribution is 2.25. The van der Waals surface area contributed by atoms with Crippen LogP contribution >= 0.6 is 11.3 Å². The van der Waals surface area contributed by atoms with Crippen LogP contribution in [0.4, 0.5) is 0 Å². The number of fused-ring (bicyclic) bond motifs is 1. The molecule has 0 spiro atoms. The van der Waals surface area contributed by atoms with Gasteiger partial charge in [0.05, 0.1) is 22.7 Å². The summed E-state index contributed by atoms with van der Waals surface area (Å²) < 4.78 is 2.09. The fourth-order valence-electron chi connectivity index (χ4n) is 4.16. The Balaban J connectivity index is 1.37. The number of carbonyl (C=O) groups excluding carboxylic acids is 1. The number of aromatic carboxylic acids is 1. The molecule has 0 unspecified atom stereocenters. The highest BCUT2D eigenvalue weighted by Gasteiger charge is 2.17. The molecule has 35 heavy (non-hydrogen) atoms. The van der Waals surface area contributed by atoms with E-state index in [-0.39, 0.29) is 17.5 Å². The monoisotopic (exact) mass is 481 g/mol. The number of benzene rings is 3. The van der Waals surface area contributed by atoms with Gasteiger partial charge in [-0.2, -0.15) is 0 Å². The summed E-state index contributed by atoms with van der Waals surface area (Å²) >= 11 is 1.61. The maximum atomic E-state index is 13.3. The van der Waals surface area contributed by atoms with Crippen LogP contribution in [0.1, 0.15) is 44.8 Å². The van der Waals surface area contributed by atoms with Crippen LogP contribution in [-0.2, 0) is 6.54 Å². The second-order valence-electron chi connectivity index (χ2n) is 8.34. The van der Waals surface area contributed by atoms with Crippen LogP contribution in [-0.4, -0.2) is 26.5 Å². The molecule has 5 aromatic rings. The average molecular weight is 482 g/mol. The summed E-state index contributed by atoms with van der Waals surface area (Å²) in [4.78, 5) is 28.7. The Morgan fingerprint density at radius 1 is 1.03 bits per heavy atom. The molecule has 7 heteroatoms. The molecule has 5 rings (SSSR count). The number of thiazole rings is 1. The predicted molar refractivity (Wildman–Crippen MR) is 138 cm³/mol. The van der Waals surface area contributed by atoms with Crippen LogP contribution in [0.5, 0.6) is 0 Å². The van der Waals surface area contributed by atoms with E-state index in [0.717, 1.165) is 32.6 Å². The molecule has 0 radical (unpaired) electrons. The first-order valence-corrected chi connectivity index (χ1v) is 12.1. The molecule has 0 aliphatic heterocycles. The summed E-state index contributed by atoms with van der Waals surface area (Å²) in [7, 11) is 0. The van der Waals surface area contributed by atoms with Crippen molar-refractivity contribution in [2.45, 2.75) is 19.5 Å². The molecule has 2 aromatic heterocycles. The topological polar surface area (TPSA) is 84.2 Å². The highest BCUT2D eigenvalue weighted by molar-refractivity contribution is 7.13. The zero-order chi connectivity index (χ0) is 24.4. The van der Waals surface area contributed by atoms with Crippen LogP contribution in [0.15, 0.2) is 90.6 Å². The Kier molecular flexibility index (Phi) is 6.16. The van der Waals surface area contributed by atoms with Gasteiger partial charge in [-0.1, -0.05) is 48.5 Å². The number of nitrogens with one attached hydrogen (secondary N) is 1. The first kappa shape index (κ1) is 22.6. The van der Waals surface area contributed by atoms with Crippen molar-refractivity contribution in [1.82, 2.24) is 14.9 Å². The number of hydrogen-bond acceptors (Lipinski definition) is 4. The molecular weight excluding hydrogens is 458 g/mol. The minimum absolute atomic E-state index is 0.176. The molecule has 2 heterocycles. The lowest BCUT2D eigenvalue weighted by atomic mass is 10.0. The summed E-state index contributed by atoms with van der Waals surface area (Å²) in [6.07, 6.45) is 3.81. The molecule has 0 aliphatic rings. The molecule has 0 saturated carbocycles. The largest absolute Gasteiger partial charge is 0.478 e. The number of hydrogen-bond donors (Lipinski definition) is 2. The lowest BCUT2D eigenvalue weighted by Gasteiger charge is -2.16. The van der Waals surface area contributed by atoms with Crippen molar-refractivity contribution in [2.24, 2.45) is 0 Å². The number of nitrogens with zero attached hydrogens (tertiary/aromatic N) is 2. The predicted octanol–water partition coefficient (Wildman–Crippen LogP) is 6.00. The molecular formula is C28H23N3O3S. The third-order valence-electron chi connectivity index (χ3n) is 6.02. The fourth-order valence-corrected chi connectivity index (χ4v) is 4.81. The summed E-state index contributed by atoms with van der Waals surface area (Å²) in [6, 6.07) is 22.3. The lowest BCUT2D eigenvalue weighted by Crippen LogP contribution is -2.27. The summed E-state index contributed by atoms with van der Waals surface area (Å²) in [5.74, 6) is -1.15. The number of aromatic nitrogens is 2. The number of rotatable bonds is 7. The summed E-state index contributed by atoms with van der Waals surface area (Å²) in [5, 5.41) is 16.1. The molecule has 6 nitrogen and oxygen atoms in total. The summed E-state index contributed by atoms with van der Waals surface area (Å²) in [6.45, 7) is 2.52. The van der Waals surface area contributed by atoms with E-state index in [2.05, 4.69) is 39.1 Å². The Hall–Kier alpha value is -4.23. The van der Waals surface area contributed by atoms with Crippen molar-refractivity contribution in [3.05, 3.63) is 113 Å². The van der Waals surface area contributed by atoms with E-state index in [1.54, 1.807) is 41.8 Å². The highest BCUT2D eigenvalue weighted by atomic mass is 32.1. The minimum atomic E-state index is -0.974. The normalized spacial score (nSPS) is 11.9. The molecule has 2 N–H and O–H groups in total. The second kappa shape index (κ2) is 9.56. The van der Waals surface area contributed by atoms with E-state index in [1.807, 2.05) is 42.8 Å². The van der Waals surface area contributed by atoms with E-state index in [9.17, 15) is 9.59 Å². The zero-order valence-electron chi connectivity index (χ0n) is 19.0. The quantitative estimate of drug-likeness (QED) is 0.298. The van der Waals surface area contributed by atoms with E-state index < -0.39 is 5.97 Å². The van der Waals surface area contributed by atoms with Gasteiger partial charge < -0.3 is 15.0 Å². The van der Waals surface area contributed by atoms with Gasteiger partial charge in [-0.05, 0) is 42.3 Å². The molecule has 0 bridgehead atoms. The first-order chi connectivity index (χ1) is 17.0. The fraction of sp³-hybridized carbons (Fsp3) is 0.107. The van der Waals surface area contributed by atoms with Crippen LogP contribution in [0.2, 0.25) is 0 Å². The van der Waals surface area contributed by atoms with E-state index >= 15 is 0 Å². The van der Waals surface area contributed by atoms with Crippen LogP contribution in [0.25, 0.3) is 21.5 Å². The lowest BCUT2D eigenvalue weighted by molar-refractivity contribution is 0.0696. The van der Waals surface area contributed by atoms with Crippen molar-refractivity contribution < 1.29 is 14.7 Å². The summed E-state index contributed by atoms with van der Waals surface area (Å²) in [5.41, 5.74) is 4.75. The minimum Gasteiger partial charge on any atom is -0.478 e. The van der Waals surface area contributed by atoms with Gasteiger partial charge in [-0.25, -0.2) is 9.78 Å². The Labute approximate surface area is 206 Å². The molecule has 3 aromatic carbocycles. The van der Waals surface area contributed by atoms with Gasteiger partial charge in [0.1, 0.15) is 5.01 Å². The van der Waals surface area contributed by atoms with Crippen molar-refractivity contribution in [2.75, 3.05) is 0 Å². The molecule has 174 valence electrons. The molecule has 0 fully saturated rings. The van der Waals surface area contributed by atoms with Gasteiger partial charge in [0, 0.05) is 35.3 Å². The van der Waals surface area contributed by atoms with Gasteiger partial charge in [0.15, 0.2) is 0 Å². The van der Waals surface area contributed by atoms with E-state index in [1.165, 1.54) is 0 Å². The van der Waals surface area contributed by atoms with Gasteiger partial charge in [-0.15, -0.1) is 11.3 Å². The molecule has 0 saturated heterocycles. The maximum absolute atomic E-state index is 13.3. The van der Waals surface area contributed by atoms with Gasteiger partial charge in [0.2, 0.25) is 0 Å². The van der Waals surface area contributed by atoms with Gasteiger partial charge >= 0.3 is 5.97 Å². The van der Waals surface area contributed by atoms with Crippen molar-refractivity contribution in [3.8, 4) is 10.6 Å². The Bertz CT molecular complexity index is 1490. The maximum Gasteiger partial charge on any atom is 0.335 e. The van der Waals surface area contributed by atoms with E-state index in [4.69, 9.17) is 5.11 Å². The third-order valence-corrected chi connectivity index (χ3v) is 6.85. The number of amides is 1. The van der Waals surface area contributed by atoms with Crippen LogP contribution in [0, 0.1) is 0 Å². The number of carbonyl (C=O) groups is 2. The van der Waals surface area contributed by atoms with Gasteiger partial charge in [0.25, 0.3) is 5.91 Å². The van der Waals surface area contributed by atoms with Crippen LogP contribution < -0.4 is 5.32 Å². The molecule has 1 amide bonds. The molecule has 0 aliphatic carbocycles. The number of carboxylic acid groups (broad SMARTS) is 1. The van der Waals surface area contributed by atoms with E-state index in [0.29, 0.717) is 12.1 Å². The van der Waals surface area contributed by atoms with Crippen LogP contribution in [0.3, 0.4) is 0 Å². The second-order valence-corrected chi connectivity index (χ2v) is 9.24. The number of para-hydroxylation sites is 1. The standard InChI is InChI=1S/C28H23N3O3S/c1-18(20-9-11-23(12-10-20)28(33)34)30-26(32)24-4-2-3-21-13-15-31(25(21)24)17-19-5-7-22(8-6-19)27-29-14-16-35-27/h2-16,18H,17H2,1H3,(H,30,32)(H,33,34)/t18-/m0/s1. The Morgan fingerprint density at radius 2 is 1.80 bits per heavy atom. The van der Waals surface area contributed by atoms with Crippen molar-refractivity contribution in [3.63, 3.8) is 0 Å². The zero-order valence-corrected chi connectivity index (χ0v) is 19.8. The molecule has 1 atom stereocenters.